The van der Waals surface area contributed by atoms with Crippen LogP contribution in [0.1, 0.15) is 33.6 Å². The molecule has 0 aromatic rings. The third-order valence-corrected chi connectivity index (χ3v) is 4.48. The van der Waals surface area contributed by atoms with Crippen LogP contribution in [-0.4, -0.2) is 48.6 Å². The van der Waals surface area contributed by atoms with Gasteiger partial charge in [-0.05, 0) is 38.4 Å². The van der Waals surface area contributed by atoms with Crippen LogP contribution in [0.2, 0.25) is 0 Å². The largest absolute Gasteiger partial charge is 0.317 e. The molecule has 1 aliphatic rings. The number of rotatable bonds is 7. The van der Waals surface area contributed by atoms with Crippen LogP contribution in [0, 0.1) is 5.92 Å². The van der Waals surface area contributed by atoms with Gasteiger partial charge >= 0.3 is 0 Å². The monoisotopic (exact) mass is 244 g/mol. The van der Waals surface area contributed by atoms with Gasteiger partial charge in [0.1, 0.15) is 0 Å². The number of nitrogens with zero attached hydrogens (tertiary/aromatic N) is 1. The van der Waals surface area contributed by atoms with Crippen LogP contribution in [0.4, 0.5) is 0 Å². The second-order valence-electron chi connectivity index (χ2n) is 5.11. The summed E-state index contributed by atoms with van der Waals surface area (Å²) in [6.07, 6.45) is 2.72. The van der Waals surface area contributed by atoms with E-state index in [4.69, 9.17) is 0 Å². The predicted molar refractivity (Wildman–Crippen MR) is 75.3 cm³/mol. The Hall–Kier alpha value is 0.270. The van der Waals surface area contributed by atoms with Gasteiger partial charge in [-0.3, -0.25) is 0 Å². The van der Waals surface area contributed by atoms with Crippen molar-refractivity contribution in [2.45, 2.75) is 38.9 Å². The van der Waals surface area contributed by atoms with Gasteiger partial charge in [0.05, 0.1) is 0 Å². The summed E-state index contributed by atoms with van der Waals surface area (Å²) in [4.78, 5) is 2.58. The van der Waals surface area contributed by atoms with E-state index >= 15 is 0 Å². The van der Waals surface area contributed by atoms with Gasteiger partial charge in [-0.25, -0.2) is 0 Å². The Balaban J connectivity index is 2.07. The van der Waals surface area contributed by atoms with E-state index in [2.05, 4.69) is 42.7 Å². The highest BCUT2D eigenvalue weighted by Crippen LogP contribution is 2.20. The van der Waals surface area contributed by atoms with Crippen LogP contribution in [0.25, 0.3) is 0 Å². The fourth-order valence-electron chi connectivity index (χ4n) is 2.21. The highest BCUT2D eigenvalue weighted by molar-refractivity contribution is 7.99. The topological polar surface area (TPSA) is 15.3 Å². The van der Waals surface area contributed by atoms with Crippen molar-refractivity contribution in [3.05, 3.63) is 0 Å². The second kappa shape index (κ2) is 8.37. The first kappa shape index (κ1) is 14.3. The molecule has 0 spiro atoms. The molecular formula is C13H28N2S. The lowest BCUT2D eigenvalue weighted by atomic mass is 10.2. The molecule has 0 aromatic heterocycles. The molecule has 0 amide bonds. The summed E-state index contributed by atoms with van der Waals surface area (Å²) in [5.41, 5.74) is 0. The molecule has 2 nitrogen and oxygen atoms in total. The lowest BCUT2D eigenvalue weighted by molar-refractivity contribution is 0.271. The lowest BCUT2D eigenvalue weighted by Gasteiger charge is -2.25. The maximum Gasteiger partial charge on any atom is 0.00724 e. The lowest BCUT2D eigenvalue weighted by Crippen LogP contribution is -2.32. The zero-order valence-corrected chi connectivity index (χ0v) is 12.0. The fraction of sp³-hybridized carbons (Fsp3) is 1.00. The Morgan fingerprint density at radius 1 is 1.31 bits per heavy atom. The minimum atomic E-state index is 0.795. The maximum absolute atomic E-state index is 3.43. The van der Waals surface area contributed by atoms with Gasteiger partial charge in [0.25, 0.3) is 0 Å². The van der Waals surface area contributed by atoms with Gasteiger partial charge in [-0.15, -0.1) is 0 Å². The van der Waals surface area contributed by atoms with Crippen molar-refractivity contribution in [2.24, 2.45) is 5.92 Å². The van der Waals surface area contributed by atoms with E-state index in [1.54, 1.807) is 0 Å². The Bertz CT molecular complexity index is 167. The number of thioether (sulfide) groups is 1. The molecule has 1 aliphatic heterocycles. The van der Waals surface area contributed by atoms with Crippen molar-refractivity contribution in [1.29, 1.82) is 0 Å². The Morgan fingerprint density at radius 3 is 2.56 bits per heavy atom. The van der Waals surface area contributed by atoms with E-state index in [0.717, 1.165) is 11.2 Å². The molecule has 3 heteroatoms. The summed E-state index contributed by atoms with van der Waals surface area (Å²) < 4.78 is 0. The predicted octanol–water partition coefficient (Wildman–Crippen LogP) is 2.45. The molecule has 1 saturated heterocycles. The number of piperidine rings is 1. The molecule has 96 valence electrons. The zero-order chi connectivity index (χ0) is 11.8. The molecule has 0 saturated carbocycles. The minimum Gasteiger partial charge on any atom is -0.317 e. The molecule has 0 bridgehead atoms. The van der Waals surface area contributed by atoms with Crippen LogP contribution in [0.3, 0.4) is 0 Å². The van der Waals surface area contributed by atoms with Gasteiger partial charge in [-0.2, -0.15) is 11.8 Å². The highest BCUT2D eigenvalue weighted by atomic mass is 32.2. The molecule has 1 heterocycles. The van der Waals surface area contributed by atoms with Crippen molar-refractivity contribution in [3.63, 3.8) is 0 Å². The Kier molecular flexibility index (Phi) is 7.50. The first-order valence-corrected chi connectivity index (χ1v) is 7.82. The van der Waals surface area contributed by atoms with E-state index in [1.165, 1.54) is 51.3 Å². The quantitative estimate of drug-likeness (QED) is 0.740. The number of nitrogens with one attached hydrogen (secondary N) is 1. The van der Waals surface area contributed by atoms with Crippen LogP contribution in [-0.2, 0) is 0 Å². The average Bonchev–Trinajstić information content (AvgIpc) is 2.28. The van der Waals surface area contributed by atoms with Crippen molar-refractivity contribution in [1.82, 2.24) is 10.2 Å². The van der Waals surface area contributed by atoms with Crippen LogP contribution < -0.4 is 5.32 Å². The second-order valence-corrected chi connectivity index (χ2v) is 6.52. The van der Waals surface area contributed by atoms with E-state index in [0.29, 0.717) is 0 Å². The molecule has 16 heavy (non-hydrogen) atoms. The standard InChI is InChI=1S/C13H28N2S/c1-4-15(11-12(2)3)9-10-16-13-5-7-14-8-6-13/h12-14H,4-11H2,1-3H3. The van der Waals surface area contributed by atoms with Gasteiger partial charge < -0.3 is 10.2 Å². The van der Waals surface area contributed by atoms with E-state index in [1.807, 2.05) is 0 Å². The smallest absolute Gasteiger partial charge is 0.00724 e. The van der Waals surface area contributed by atoms with Crippen LogP contribution >= 0.6 is 11.8 Å². The summed E-state index contributed by atoms with van der Waals surface area (Å²) >= 11 is 2.19. The molecule has 1 fully saturated rings. The van der Waals surface area contributed by atoms with Crippen molar-refractivity contribution in [2.75, 3.05) is 38.5 Å². The molecule has 0 aromatic carbocycles. The summed E-state index contributed by atoms with van der Waals surface area (Å²) in [7, 11) is 0. The first-order valence-electron chi connectivity index (χ1n) is 6.77. The summed E-state index contributed by atoms with van der Waals surface area (Å²) in [6.45, 7) is 13.1. The summed E-state index contributed by atoms with van der Waals surface area (Å²) in [6, 6.07) is 0. The third-order valence-electron chi connectivity index (χ3n) is 3.12. The van der Waals surface area contributed by atoms with Crippen molar-refractivity contribution >= 4 is 11.8 Å². The normalized spacial score (nSPS) is 18.6. The first-order chi connectivity index (χ1) is 7.72. The number of hydrogen-bond acceptors (Lipinski definition) is 3. The maximum atomic E-state index is 3.43. The van der Waals surface area contributed by atoms with E-state index < -0.39 is 0 Å². The summed E-state index contributed by atoms with van der Waals surface area (Å²) in [5.74, 6) is 2.11. The minimum absolute atomic E-state index is 0.795. The van der Waals surface area contributed by atoms with E-state index in [9.17, 15) is 0 Å². The van der Waals surface area contributed by atoms with Crippen molar-refractivity contribution < 1.29 is 0 Å². The van der Waals surface area contributed by atoms with Gasteiger partial charge in [0.2, 0.25) is 0 Å². The Morgan fingerprint density at radius 2 is 2.00 bits per heavy atom. The third kappa shape index (κ3) is 6.12. The molecule has 0 atom stereocenters. The molecule has 1 rings (SSSR count). The van der Waals surface area contributed by atoms with Crippen LogP contribution in [0.5, 0.6) is 0 Å². The summed E-state index contributed by atoms with van der Waals surface area (Å²) in [5, 5.41) is 4.34. The fourth-order valence-corrected chi connectivity index (χ4v) is 3.47. The van der Waals surface area contributed by atoms with Crippen molar-refractivity contribution in [3.8, 4) is 0 Å². The molecule has 0 unspecified atom stereocenters. The van der Waals surface area contributed by atoms with Gasteiger partial charge in [0, 0.05) is 24.1 Å². The molecule has 0 aliphatic carbocycles. The SMILES string of the molecule is CCN(CCSC1CCNCC1)CC(C)C. The molecular weight excluding hydrogens is 216 g/mol. The van der Waals surface area contributed by atoms with E-state index in [-0.39, 0.29) is 0 Å². The van der Waals surface area contributed by atoms with Gasteiger partial charge in [-0.1, -0.05) is 20.8 Å². The van der Waals surface area contributed by atoms with Crippen LogP contribution in [0.15, 0.2) is 0 Å². The highest BCUT2D eigenvalue weighted by Gasteiger charge is 2.13. The molecule has 0 radical (unpaired) electrons. The molecule has 1 N–H and O–H groups in total. The average molecular weight is 244 g/mol. The van der Waals surface area contributed by atoms with Gasteiger partial charge in [0.15, 0.2) is 0 Å². The zero-order valence-electron chi connectivity index (χ0n) is 11.2. The number of hydrogen-bond donors (Lipinski definition) is 1. The Labute approximate surface area is 106 Å².